The number of esters is 1. The van der Waals surface area contributed by atoms with Crippen LogP contribution >= 0.6 is 0 Å². The number of aromatic hydroxyl groups is 1. The van der Waals surface area contributed by atoms with Crippen LogP contribution in [0.4, 0.5) is 0 Å². The number of aliphatic hydroxyl groups is 1. The molecule has 0 radical (unpaired) electrons. The molecule has 3 fully saturated rings. The van der Waals surface area contributed by atoms with Crippen molar-refractivity contribution in [2.75, 3.05) is 6.61 Å². The van der Waals surface area contributed by atoms with E-state index in [4.69, 9.17) is 18.9 Å². The summed E-state index contributed by atoms with van der Waals surface area (Å²) < 4.78 is 26.6. The number of carbonyl (C=O) groups excluding carboxylic acids is 2. The van der Waals surface area contributed by atoms with Crippen LogP contribution in [0.25, 0.3) is 0 Å². The lowest BCUT2D eigenvalue weighted by Crippen LogP contribution is -2.70. The van der Waals surface area contributed by atoms with Crippen molar-refractivity contribution in [1.82, 2.24) is 0 Å². The summed E-state index contributed by atoms with van der Waals surface area (Å²) in [5, 5.41) is 22.2. The Kier molecular flexibility index (Phi) is 6.84. The van der Waals surface area contributed by atoms with E-state index in [1.165, 1.54) is 0 Å². The lowest BCUT2D eigenvalue weighted by Gasteiger charge is -2.59. The monoisotopic (exact) mass is 612 g/mol. The molecular weight excluding hydrogens is 572 g/mol. The minimum atomic E-state index is -1.78. The number of ether oxygens (including phenoxy) is 4. The Bertz CT molecular complexity index is 1660. The molecule has 45 heavy (non-hydrogen) atoms. The number of benzene rings is 2. The van der Waals surface area contributed by atoms with Crippen molar-refractivity contribution < 1.29 is 38.7 Å². The second kappa shape index (κ2) is 10.2. The van der Waals surface area contributed by atoms with Gasteiger partial charge in [0.15, 0.2) is 5.78 Å². The summed E-state index contributed by atoms with van der Waals surface area (Å²) in [4.78, 5) is 26.7. The number of ketones is 1. The van der Waals surface area contributed by atoms with E-state index < -0.39 is 46.7 Å². The Morgan fingerprint density at radius 1 is 1.09 bits per heavy atom. The second-order valence-corrected chi connectivity index (χ2v) is 13.8. The Hall–Kier alpha value is -3.56. The fraction of sp³-hybridized carbons (Fsp3) is 0.459. The zero-order valence-corrected chi connectivity index (χ0v) is 26.2. The van der Waals surface area contributed by atoms with E-state index in [9.17, 15) is 19.8 Å². The minimum absolute atomic E-state index is 0.00357. The SMILES string of the molecule is C=C(C)[C@]12C[C@@H](C)[C@@]34OC(Cc5ccccc5)(O[C@@H]1[C@@H]3C=C(COC(=O)Cc1ccc(O)c(C)c1)C[C@]1(O)C(=O)C(C)=C[C@@H]41)O2. The van der Waals surface area contributed by atoms with Gasteiger partial charge in [0.05, 0.1) is 18.4 Å². The molecule has 2 heterocycles. The van der Waals surface area contributed by atoms with E-state index in [2.05, 4.69) is 13.5 Å². The maximum absolute atomic E-state index is 13.8. The molecule has 5 aliphatic rings. The Morgan fingerprint density at radius 3 is 2.56 bits per heavy atom. The number of carbonyl (C=O) groups is 2. The Morgan fingerprint density at radius 2 is 1.84 bits per heavy atom. The third kappa shape index (κ3) is 4.41. The van der Waals surface area contributed by atoms with Crippen LogP contribution in [0.15, 0.2) is 84.0 Å². The van der Waals surface area contributed by atoms with Crippen LogP contribution in [0.3, 0.4) is 0 Å². The fourth-order valence-electron chi connectivity index (χ4n) is 8.71. The highest BCUT2D eigenvalue weighted by Gasteiger charge is 2.79. The van der Waals surface area contributed by atoms with Gasteiger partial charge in [0, 0.05) is 18.3 Å². The zero-order valence-electron chi connectivity index (χ0n) is 26.2. The molecule has 1 saturated carbocycles. The van der Waals surface area contributed by atoms with Crippen molar-refractivity contribution in [3.8, 4) is 5.75 Å². The molecular formula is C37H40O8. The number of Topliss-reactive ketones (excluding diaryl/α,β-unsaturated/α-hetero) is 1. The molecule has 236 valence electrons. The predicted octanol–water partition coefficient (Wildman–Crippen LogP) is 5.04. The van der Waals surface area contributed by atoms with Crippen molar-refractivity contribution in [2.24, 2.45) is 17.8 Å². The lowest BCUT2D eigenvalue weighted by molar-refractivity contribution is -0.421. The van der Waals surface area contributed by atoms with Gasteiger partial charge in [0.1, 0.15) is 29.7 Å². The lowest BCUT2D eigenvalue weighted by atomic mass is 9.55. The smallest absolute Gasteiger partial charge is 0.310 e. The van der Waals surface area contributed by atoms with Gasteiger partial charge in [-0.2, -0.15) is 0 Å². The van der Waals surface area contributed by atoms with Crippen molar-refractivity contribution in [2.45, 2.75) is 82.3 Å². The van der Waals surface area contributed by atoms with Gasteiger partial charge in [0.2, 0.25) is 0 Å². The van der Waals surface area contributed by atoms with E-state index >= 15 is 0 Å². The number of fused-ring (bicyclic) bond motifs is 2. The third-order valence-corrected chi connectivity index (χ3v) is 10.8. The van der Waals surface area contributed by atoms with Crippen molar-refractivity contribution in [3.05, 3.63) is 101 Å². The maximum Gasteiger partial charge on any atom is 0.310 e. The molecule has 3 bridgehead atoms. The van der Waals surface area contributed by atoms with Gasteiger partial charge in [-0.15, -0.1) is 0 Å². The molecule has 3 aliphatic carbocycles. The van der Waals surface area contributed by atoms with Gasteiger partial charge < -0.3 is 29.2 Å². The molecule has 8 heteroatoms. The summed E-state index contributed by atoms with van der Waals surface area (Å²) in [5.74, 6) is -3.32. The van der Waals surface area contributed by atoms with Gasteiger partial charge in [-0.25, -0.2) is 0 Å². The van der Waals surface area contributed by atoms with Crippen LogP contribution in [-0.4, -0.2) is 57.5 Å². The standard InChI is InChI=1S/C37H40O8/c1-21(2)35-17-24(5)37-28(33(35)43-36(44-35,45-37)19-25-9-7-6-8-10-25)15-27(18-34(41)30(37)14-23(4)32(34)40)20-42-31(39)16-26-11-12-29(38)22(3)13-26/h6-15,24,28,30,33,38,41H,1,16-20H2,2-5H3/t24-,28+,30-,33-,34-,35-,36?,37-/m1/s1. The van der Waals surface area contributed by atoms with E-state index in [1.54, 1.807) is 32.0 Å². The van der Waals surface area contributed by atoms with Gasteiger partial charge in [-0.05, 0) is 72.6 Å². The van der Waals surface area contributed by atoms with E-state index in [0.29, 0.717) is 29.6 Å². The molecule has 8 nitrogen and oxygen atoms in total. The average molecular weight is 613 g/mol. The summed E-state index contributed by atoms with van der Waals surface area (Å²) >= 11 is 0. The Labute approximate surface area is 263 Å². The predicted molar refractivity (Wildman–Crippen MR) is 165 cm³/mol. The summed E-state index contributed by atoms with van der Waals surface area (Å²) in [6.45, 7) is 11.8. The average Bonchev–Trinajstić information content (AvgIpc) is 3.30. The molecule has 2 aromatic rings. The van der Waals surface area contributed by atoms with Crippen molar-refractivity contribution in [3.63, 3.8) is 0 Å². The summed E-state index contributed by atoms with van der Waals surface area (Å²) in [6.07, 6.45) is 4.28. The first-order chi connectivity index (χ1) is 21.3. The first-order valence-electron chi connectivity index (χ1n) is 15.7. The van der Waals surface area contributed by atoms with E-state index in [-0.39, 0.29) is 36.9 Å². The van der Waals surface area contributed by atoms with Gasteiger partial charge in [0.25, 0.3) is 5.97 Å². The van der Waals surface area contributed by atoms with Gasteiger partial charge in [-0.1, -0.05) is 68.1 Å². The topological polar surface area (TPSA) is 112 Å². The van der Waals surface area contributed by atoms with Crippen LogP contribution in [0.2, 0.25) is 0 Å². The highest BCUT2D eigenvalue weighted by molar-refractivity contribution is 6.04. The number of rotatable bonds is 7. The molecule has 8 atom stereocenters. The first kappa shape index (κ1) is 30.1. The van der Waals surface area contributed by atoms with Gasteiger partial charge >= 0.3 is 5.97 Å². The molecule has 7 rings (SSSR count). The number of hydrogen-bond acceptors (Lipinski definition) is 8. The molecule has 0 aromatic heterocycles. The molecule has 1 unspecified atom stereocenters. The fourth-order valence-corrected chi connectivity index (χ4v) is 8.71. The largest absolute Gasteiger partial charge is 0.508 e. The molecule has 0 spiro atoms. The molecule has 2 aromatic carbocycles. The summed E-state index contributed by atoms with van der Waals surface area (Å²) in [6, 6.07) is 14.9. The first-order valence-corrected chi connectivity index (χ1v) is 15.7. The van der Waals surface area contributed by atoms with Crippen LogP contribution in [-0.2, 0) is 41.4 Å². The summed E-state index contributed by atoms with van der Waals surface area (Å²) in [7, 11) is 0. The number of phenols is 1. The van der Waals surface area contributed by atoms with Crippen LogP contribution in [0.5, 0.6) is 5.75 Å². The van der Waals surface area contributed by atoms with Crippen LogP contribution in [0.1, 0.15) is 50.3 Å². The molecule has 2 saturated heterocycles. The second-order valence-electron chi connectivity index (χ2n) is 13.8. The van der Waals surface area contributed by atoms with E-state index in [1.807, 2.05) is 49.4 Å². The maximum atomic E-state index is 13.8. The highest BCUT2D eigenvalue weighted by Crippen LogP contribution is 2.68. The summed E-state index contributed by atoms with van der Waals surface area (Å²) in [5.41, 5.74) is 0.629. The number of phenolic OH excluding ortho intramolecular Hbond substituents is 1. The van der Waals surface area contributed by atoms with E-state index in [0.717, 1.165) is 16.7 Å². The quantitative estimate of drug-likeness (QED) is 0.330. The number of hydrogen-bond donors (Lipinski definition) is 2. The third-order valence-electron chi connectivity index (χ3n) is 10.8. The minimum Gasteiger partial charge on any atom is -0.508 e. The van der Waals surface area contributed by atoms with Crippen LogP contribution < -0.4 is 0 Å². The zero-order chi connectivity index (χ0) is 31.9. The van der Waals surface area contributed by atoms with Crippen LogP contribution in [0, 0.1) is 24.7 Å². The highest BCUT2D eigenvalue weighted by atomic mass is 16.9. The molecule has 0 amide bonds. The molecule has 2 aliphatic heterocycles. The normalized spacial score (nSPS) is 37.8. The van der Waals surface area contributed by atoms with Crippen molar-refractivity contribution >= 4 is 11.8 Å². The van der Waals surface area contributed by atoms with Gasteiger partial charge in [-0.3, -0.25) is 9.59 Å². The molecule has 2 N–H and O–H groups in total. The van der Waals surface area contributed by atoms with Crippen molar-refractivity contribution in [1.29, 1.82) is 0 Å². The Balaban J connectivity index is 1.28. The number of aryl methyl sites for hydroxylation is 1.